The first-order chi connectivity index (χ1) is 16.1. The number of aromatic amines is 1. The third-order valence-electron chi connectivity index (χ3n) is 4.65. The highest BCUT2D eigenvalue weighted by Gasteiger charge is 2.23. The summed E-state index contributed by atoms with van der Waals surface area (Å²) in [6, 6.07) is 3.32. The van der Waals surface area contributed by atoms with Crippen molar-refractivity contribution in [2.45, 2.75) is 12.5 Å². The SMILES string of the molecule is O=C(O)CC(NC(=O)CNC(=O)c1c[nH]c(=O)c(NC2=NCCN2)c1)c1cc(Br)cc(Br)c1O. The summed E-state index contributed by atoms with van der Waals surface area (Å²) in [4.78, 5) is 54.8. The number of aliphatic imine (C=N–C) groups is 1. The van der Waals surface area contributed by atoms with Crippen molar-refractivity contribution in [1.29, 1.82) is 0 Å². The van der Waals surface area contributed by atoms with Gasteiger partial charge in [-0.2, -0.15) is 0 Å². The normalized spacial score (nSPS) is 13.4. The number of nitrogens with zero attached hydrogens (tertiary/aromatic N) is 1. The lowest BCUT2D eigenvalue weighted by molar-refractivity contribution is -0.137. The fourth-order valence-electron chi connectivity index (χ4n) is 3.09. The second-order valence-electron chi connectivity index (χ2n) is 7.14. The van der Waals surface area contributed by atoms with Crippen molar-refractivity contribution in [3.8, 4) is 5.75 Å². The van der Waals surface area contributed by atoms with Crippen LogP contribution in [-0.2, 0) is 9.59 Å². The van der Waals surface area contributed by atoms with E-state index in [0.717, 1.165) is 0 Å². The van der Waals surface area contributed by atoms with E-state index in [1.54, 1.807) is 6.07 Å². The summed E-state index contributed by atoms with van der Waals surface area (Å²) in [5.41, 5.74) is -0.0862. The number of halogens is 2. The third-order valence-corrected chi connectivity index (χ3v) is 5.71. The number of pyridine rings is 1. The highest BCUT2D eigenvalue weighted by Crippen LogP contribution is 2.36. The number of aromatic hydroxyl groups is 1. The number of phenols is 1. The molecule has 1 aromatic heterocycles. The quantitative estimate of drug-likeness (QED) is 0.234. The highest BCUT2D eigenvalue weighted by molar-refractivity contribution is 9.11. The lowest BCUT2D eigenvalue weighted by Gasteiger charge is -2.20. The number of rotatable bonds is 8. The first kappa shape index (κ1) is 25.2. The number of nitrogens with one attached hydrogen (secondary N) is 5. The Labute approximate surface area is 209 Å². The Hall–Kier alpha value is -3.39. The summed E-state index contributed by atoms with van der Waals surface area (Å²) >= 11 is 6.43. The molecule has 1 unspecified atom stereocenters. The van der Waals surface area contributed by atoms with Crippen molar-refractivity contribution < 1.29 is 24.6 Å². The van der Waals surface area contributed by atoms with Gasteiger partial charge in [-0.05, 0) is 34.1 Å². The highest BCUT2D eigenvalue weighted by atomic mass is 79.9. The molecule has 0 spiro atoms. The standard InChI is InChI=1S/C20H20Br2N6O6/c21-10-4-11(17(32)12(22)5-10)13(6-16(30)31)27-15(29)8-26-18(33)9-3-14(19(34)25-7-9)28-20-23-1-2-24-20/h3-5,7,13,32H,1-2,6,8H2,(H,25,34)(H,26,33)(H,27,29)(H,30,31)(H2,23,24,28). The number of aromatic nitrogens is 1. The largest absolute Gasteiger partial charge is 0.506 e. The number of guanidine groups is 1. The number of amides is 2. The summed E-state index contributed by atoms with van der Waals surface area (Å²) in [5.74, 6) is -2.32. The van der Waals surface area contributed by atoms with Crippen molar-refractivity contribution in [2.24, 2.45) is 4.99 Å². The summed E-state index contributed by atoms with van der Waals surface area (Å²) in [6.45, 7) is 0.723. The van der Waals surface area contributed by atoms with Crippen LogP contribution in [0.1, 0.15) is 28.4 Å². The summed E-state index contributed by atoms with van der Waals surface area (Å²) < 4.78 is 0.877. The summed E-state index contributed by atoms with van der Waals surface area (Å²) in [5, 5.41) is 30.2. The van der Waals surface area contributed by atoms with Crippen LogP contribution in [0, 0.1) is 0 Å². The van der Waals surface area contributed by atoms with Gasteiger partial charge in [-0.15, -0.1) is 0 Å². The number of H-pyrrole nitrogens is 1. The lowest BCUT2D eigenvalue weighted by atomic mass is 10.0. The van der Waals surface area contributed by atoms with Crippen LogP contribution in [0.4, 0.5) is 5.69 Å². The Balaban J connectivity index is 1.66. The molecule has 1 atom stereocenters. The minimum absolute atomic E-state index is 0.0872. The van der Waals surface area contributed by atoms with Gasteiger partial charge in [0, 0.05) is 22.8 Å². The molecule has 1 aliphatic rings. The van der Waals surface area contributed by atoms with Crippen LogP contribution in [0.25, 0.3) is 0 Å². The van der Waals surface area contributed by atoms with Crippen LogP contribution >= 0.6 is 31.9 Å². The summed E-state index contributed by atoms with van der Waals surface area (Å²) in [7, 11) is 0. The lowest BCUT2D eigenvalue weighted by Crippen LogP contribution is -2.39. The van der Waals surface area contributed by atoms with E-state index in [1.165, 1.54) is 18.3 Å². The van der Waals surface area contributed by atoms with Gasteiger partial charge in [0.1, 0.15) is 11.4 Å². The zero-order chi connectivity index (χ0) is 24.8. The molecule has 2 heterocycles. The van der Waals surface area contributed by atoms with Crippen LogP contribution in [0.15, 0.2) is 43.1 Å². The number of hydrogen-bond donors (Lipinski definition) is 7. The van der Waals surface area contributed by atoms with Gasteiger partial charge in [0.2, 0.25) is 5.91 Å². The molecule has 34 heavy (non-hydrogen) atoms. The molecule has 0 bridgehead atoms. The summed E-state index contributed by atoms with van der Waals surface area (Å²) in [6.07, 6.45) is 0.706. The molecule has 1 aromatic carbocycles. The molecule has 0 fully saturated rings. The zero-order valence-electron chi connectivity index (χ0n) is 17.4. The molecule has 3 rings (SSSR count). The van der Waals surface area contributed by atoms with Gasteiger partial charge in [-0.25, -0.2) is 0 Å². The number of aliphatic carboxylic acids is 1. The molecule has 2 aromatic rings. The number of hydrogen-bond acceptors (Lipinski definition) is 8. The van der Waals surface area contributed by atoms with Crippen LogP contribution in [0.2, 0.25) is 0 Å². The molecule has 1 aliphatic heterocycles. The molecule has 0 radical (unpaired) electrons. The molecule has 2 amide bonds. The van der Waals surface area contributed by atoms with E-state index in [2.05, 4.69) is 63.1 Å². The maximum Gasteiger partial charge on any atom is 0.305 e. The van der Waals surface area contributed by atoms with Gasteiger partial charge in [0.05, 0.1) is 35.6 Å². The monoisotopic (exact) mass is 598 g/mol. The molecule has 0 aliphatic carbocycles. The predicted molar refractivity (Wildman–Crippen MR) is 130 cm³/mol. The number of benzene rings is 1. The number of carbonyl (C=O) groups is 3. The van der Waals surface area contributed by atoms with E-state index >= 15 is 0 Å². The smallest absolute Gasteiger partial charge is 0.305 e. The van der Waals surface area contributed by atoms with E-state index in [9.17, 15) is 29.4 Å². The molecular weight excluding hydrogens is 580 g/mol. The fraction of sp³-hybridized carbons (Fsp3) is 0.250. The second-order valence-corrected chi connectivity index (χ2v) is 8.91. The molecule has 14 heteroatoms. The Morgan fingerprint density at radius 3 is 2.65 bits per heavy atom. The van der Waals surface area contributed by atoms with Crippen molar-refractivity contribution >= 4 is 61.3 Å². The Morgan fingerprint density at radius 2 is 1.97 bits per heavy atom. The van der Waals surface area contributed by atoms with Gasteiger partial charge in [0.25, 0.3) is 11.5 Å². The number of phenolic OH excluding ortho intramolecular Hbond substituents is 1. The van der Waals surface area contributed by atoms with E-state index in [0.29, 0.717) is 28.0 Å². The molecule has 0 saturated heterocycles. The van der Waals surface area contributed by atoms with Gasteiger partial charge in [-0.1, -0.05) is 15.9 Å². The van der Waals surface area contributed by atoms with Crippen LogP contribution < -0.4 is 26.8 Å². The van der Waals surface area contributed by atoms with Crippen molar-refractivity contribution in [2.75, 3.05) is 25.0 Å². The molecule has 180 valence electrons. The molecule has 12 nitrogen and oxygen atoms in total. The predicted octanol–water partition coefficient (Wildman–Crippen LogP) is 1.04. The number of carboxylic acid groups (broad SMARTS) is 1. The zero-order valence-corrected chi connectivity index (χ0v) is 20.6. The Morgan fingerprint density at radius 1 is 1.21 bits per heavy atom. The number of carboxylic acids is 1. The number of anilines is 1. The van der Waals surface area contributed by atoms with Crippen LogP contribution in [0.5, 0.6) is 5.75 Å². The topological polar surface area (TPSA) is 185 Å². The van der Waals surface area contributed by atoms with E-state index in [4.69, 9.17) is 0 Å². The minimum Gasteiger partial charge on any atom is -0.506 e. The van der Waals surface area contributed by atoms with Crippen LogP contribution in [0.3, 0.4) is 0 Å². The average molecular weight is 600 g/mol. The Bertz CT molecular complexity index is 1210. The second kappa shape index (κ2) is 11.2. The van der Waals surface area contributed by atoms with Crippen molar-refractivity contribution in [3.05, 3.63) is 54.8 Å². The van der Waals surface area contributed by atoms with Crippen molar-refractivity contribution in [1.82, 2.24) is 20.9 Å². The van der Waals surface area contributed by atoms with Gasteiger partial charge in [-0.3, -0.25) is 24.2 Å². The molecule has 7 N–H and O–H groups in total. The van der Waals surface area contributed by atoms with E-state index in [1.807, 2.05) is 0 Å². The average Bonchev–Trinajstić information content (AvgIpc) is 3.28. The maximum absolute atomic E-state index is 12.5. The van der Waals surface area contributed by atoms with Gasteiger partial charge in [0.15, 0.2) is 5.96 Å². The van der Waals surface area contributed by atoms with Gasteiger partial charge >= 0.3 is 5.97 Å². The van der Waals surface area contributed by atoms with E-state index < -0.39 is 42.4 Å². The molecule has 0 saturated carbocycles. The number of carbonyl (C=O) groups excluding carboxylic acids is 2. The molecular formula is C20H20Br2N6O6. The minimum atomic E-state index is -1.19. The third kappa shape index (κ3) is 6.57. The van der Waals surface area contributed by atoms with Crippen LogP contribution in [-0.4, -0.2) is 58.6 Å². The maximum atomic E-state index is 12.5. The first-order valence-electron chi connectivity index (χ1n) is 9.89. The van der Waals surface area contributed by atoms with E-state index in [-0.39, 0.29) is 22.6 Å². The van der Waals surface area contributed by atoms with Gasteiger partial charge < -0.3 is 36.5 Å². The van der Waals surface area contributed by atoms with Crippen molar-refractivity contribution in [3.63, 3.8) is 0 Å². The first-order valence-corrected chi connectivity index (χ1v) is 11.5. The fourth-order valence-corrected chi connectivity index (χ4v) is 4.35. The Kier molecular flexibility index (Phi) is 8.28.